The summed E-state index contributed by atoms with van der Waals surface area (Å²) in [6.07, 6.45) is 0. The number of thioether (sulfide) groups is 2. The molecule has 0 aliphatic heterocycles. The SMILES string of the molecule is COc1c(CSc2ccccc2C(=O)O)cc(Br)cc1CSc1ccccc1C(=O)O. The minimum atomic E-state index is -0.960. The first-order chi connectivity index (χ1) is 14.9. The summed E-state index contributed by atoms with van der Waals surface area (Å²) in [5.74, 6) is -0.159. The molecule has 0 aliphatic carbocycles. The Morgan fingerprint density at radius 3 is 1.65 bits per heavy atom. The van der Waals surface area contributed by atoms with Crippen molar-refractivity contribution in [3.63, 3.8) is 0 Å². The zero-order valence-corrected chi connectivity index (χ0v) is 19.7. The first-order valence-corrected chi connectivity index (χ1v) is 11.9. The highest BCUT2D eigenvalue weighted by atomic mass is 79.9. The van der Waals surface area contributed by atoms with Gasteiger partial charge in [-0.15, -0.1) is 23.5 Å². The van der Waals surface area contributed by atoms with Crippen molar-refractivity contribution in [2.45, 2.75) is 21.3 Å². The standard InChI is InChI=1S/C23H19BrO5S2/c1-29-21-14(12-30-19-8-4-2-6-17(19)22(25)26)10-16(24)11-15(21)13-31-20-9-5-3-7-18(20)23(27)28/h2-11H,12-13H2,1H3,(H,25,26)(H,27,28). The van der Waals surface area contributed by atoms with Gasteiger partial charge in [0.05, 0.1) is 18.2 Å². The molecule has 0 aromatic heterocycles. The Labute approximate surface area is 197 Å². The average Bonchev–Trinajstić information content (AvgIpc) is 2.76. The van der Waals surface area contributed by atoms with Gasteiger partial charge in [0.1, 0.15) is 5.75 Å². The second-order valence-corrected chi connectivity index (χ2v) is 9.39. The van der Waals surface area contributed by atoms with Gasteiger partial charge in [0.15, 0.2) is 0 Å². The third-order valence-electron chi connectivity index (χ3n) is 4.41. The van der Waals surface area contributed by atoms with Gasteiger partial charge in [-0.1, -0.05) is 40.2 Å². The maximum absolute atomic E-state index is 11.5. The van der Waals surface area contributed by atoms with Crippen LogP contribution < -0.4 is 4.74 Å². The van der Waals surface area contributed by atoms with Gasteiger partial charge in [-0.05, 0) is 36.4 Å². The van der Waals surface area contributed by atoms with E-state index in [4.69, 9.17) is 4.74 Å². The Hall–Kier alpha value is -2.42. The number of aromatic carboxylic acids is 2. The lowest BCUT2D eigenvalue weighted by Crippen LogP contribution is -2.00. The summed E-state index contributed by atoms with van der Waals surface area (Å²) in [6.45, 7) is 0. The summed E-state index contributed by atoms with van der Waals surface area (Å²) in [6, 6.07) is 17.7. The number of carboxylic acid groups (broad SMARTS) is 2. The second kappa shape index (κ2) is 10.7. The van der Waals surface area contributed by atoms with Crippen molar-refractivity contribution < 1.29 is 24.5 Å². The number of benzene rings is 3. The van der Waals surface area contributed by atoms with E-state index in [0.29, 0.717) is 27.0 Å². The van der Waals surface area contributed by atoms with Crippen LogP contribution in [0, 0.1) is 0 Å². The molecule has 0 bridgehead atoms. The molecule has 0 spiro atoms. The predicted molar refractivity (Wildman–Crippen MR) is 127 cm³/mol. The summed E-state index contributed by atoms with van der Waals surface area (Å²) in [5.41, 5.74) is 2.37. The molecule has 3 rings (SSSR count). The summed E-state index contributed by atoms with van der Waals surface area (Å²) in [5, 5.41) is 18.8. The Morgan fingerprint density at radius 1 is 0.839 bits per heavy atom. The molecule has 3 aromatic carbocycles. The van der Waals surface area contributed by atoms with Crippen LogP contribution in [0.1, 0.15) is 31.8 Å². The quantitative estimate of drug-likeness (QED) is 0.315. The lowest BCUT2D eigenvalue weighted by atomic mass is 10.1. The minimum absolute atomic E-state index is 0.266. The van der Waals surface area contributed by atoms with Gasteiger partial charge >= 0.3 is 11.9 Å². The summed E-state index contributed by atoms with van der Waals surface area (Å²) < 4.78 is 6.56. The number of rotatable bonds is 9. The maximum Gasteiger partial charge on any atom is 0.336 e. The van der Waals surface area contributed by atoms with E-state index in [-0.39, 0.29) is 11.1 Å². The average molecular weight is 519 g/mol. The fourth-order valence-corrected chi connectivity index (χ4v) is 5.61. The Balaban J connectivity index is 1.84. The second-order valence-electron chi connectivity index (χ2n) is 6.44. The molecule has 0 fully saturated rings. The first-order valence-electron chi connectivity index (χ1n) is 9.16. The van der Waals surface area contributed by atoms with Gasteiger partial charge in [0.2, 0.25) is 0 Å². The largest absolute Gasteiger partial charge is 0.496 e. The van der Waals surface area contributed by atoms with Gasteiger partial charge < -0.3 is 14.9 Å². The zero-order valence-electron chi connectivity index (χ0n) is 16.5. The molecular weight excluding hydrogens is 500 g/mol. The van der Waals surface area contributed by atoms with Crippen LogP contribution >= 0.6 is 39.5 Å². The highest BCUT2D eigenvalue weighted by Crippen LogP contribution is 2.37. The van der Waals surface area contributed by atoms with E-state index in [1.807, 2.05) is 24.3 Å². The van der Waals surface area contributed by atoms with Crippen molar-refractivity contribution in [2.75, 3.05) is 7.11 Å². The van der Waals surface area contributed by atoms with Crippen LogP contribution in [0.4, 0.5) is 0 Å². The summed E-state index contributed by atoms with van der Waals surface area (Å²) in [7, 11) is 1.60. The normalized spacial score (nSPS) is 10.6. The number of halogens is 1. The molecule has 0 amide bonds. The molecule has 0 heterocycles. The van der Waals surface area contributed by atoms with Gasteiger partial charge in [0, 0.05) is 36.9 Å². The Morgan fingerprint density at radius 2 is 1.26 bits per heavy atom. The molecule has 8 heteroatoms. The highest BCUT2D eigenvalue weighted by molar-refractivity contribution is 9.10. The van der Waals surface area contributed by atoms with Crippen LogP contribution in [0.25, 0.3) is 0 Å². The predicted octanol–water partition coefficient (Wildman–Crippen LogP) is 6.44. The van der Waals surface area contributed by atoms with E-state index >= 15 is 0 Å². The summed E-state index contributed by atoms with van der Waals surface area (Å²) in [4.78, 5) is 24.3. The molecule has 2 N–H and O–H groups in total. The lowest BCUT2D eigenvalue weighted by molar-refractivity contribution is 0.0682. The van der Waals surface area contributed by atoms with E-state index in [9.17, 15) is 19.8 Å². The fraction of sp³-hybridized carbons (Fsp3) is 0.130. The molecule has 0 atom stereocenters. The monoisotopic (exact) mass is 518 g/mol. The topological polar surface area (TPSA) is 83.8 Å². The minimum Gasteiger partial charge on any atom is -0.496 e. The number of hydrogen-bond acceptors (Lipinski definition) is 5. The van der Waals surface area contributed by atoms with Crippen molar-refractivity contribution in [2.24, 2.45) is 0 Å². The van der Waals surface area contributed by atoms with E-state index in [1.165, 1.54) is 23.5 Å². The Kier molecular flexibility index (Phi) is 8.06. The number of carboxylic acids is 2. The molecule has 31 heavy (non-hydrogen) atoms. The molecule has 0 radical (unpaired) electrons. The fourth-order valence-electron chi connectivity index (χ4n) is 3.04. The molecule has 0 saturated heterocycles. The Bertz CT molecular complexity index is 1030. The van der Waals surface area contributed by atoms with Crippen molar-refractivity contribution >= 4 is 51.4 Å². The van der Waals surface area contributed by atoms with Crippen LogP contribution in [0.2, 0.25) is 0 Å². The third kappa shape index (κ3) is 5.84. The molecule has 0 aliphatic rings. The molecule has 5 nitrogen and oxygen atoms in total. The molecule has 160 valence electrons. The van der Waals surface area contributed by atoms with Crippen LogP contribution in [0.3, 0.4) is 0 Å². The lowest BCUT2D eigenvalue weighted by Gasteiger charge is -2.15. The summed E-state index contributed by atoms with van der Waals surface area (Å²) >= 11 is 6.40. The third-order valence-corrected chi connectivity index (χ3v) is 7.12. The van der Waals surface area contributed by atoms with E-state index in [0.717, 1.165) is 15.6 Å². The smallest absolute Gasteiger partial charge is 0.336 e. The molecule has 0 saturated carbocycles. The van der Waals surface area contributed by atoms with Gasteiger partial charge in [-0.3, -0.25) is 0 Å². The van der Waals surface area contributed by atoms with E-state index < -0.39 is 11.9 Å². The molecule has 0 unspecified atom stereocenters. The molecule has 3 aromatic rings. The van der Waals surface area contributed by atoms with Gasteiger partial charge in [-0.2, -0.15) is 0 Å². The van der Waals surface area contributed by atoms with Crippen molar-refractivity contribution in [1.82, 2.24) is 0 Å². The van der Waals surface area contributed by atoms with Gasteiger partial charge in [0.25, 0.3) is 0 Å². The highest BCUT2D eigenvalue weighted by Gasteiger charge is 2.16. The first kappa shape index (κ1) is 23.2. The molecular formula is C23H19BrO5S2. The van der Waals surface area contributed by atoms with Crippen molar-refractivity contribution in [1.29, 1.82) is 0 Å². The van der Waals surface area contributed by atoms with E-state index in [2.05, 4.69) is 15.9 Å². The number of methoxy groups -OCH3 is 1. The number of hydrogen-bond donors (Lipinski definition) is 2. The van der Waals surface area contributed by atoms with Crippen molar-refractivity contribution in [3.05, 3.63) is 87.4 Å². The maximum atomic E-state index is 11.5. The van der Waals surface area contributed by atoms with E-state index in [1.54, 1.807) is 43.5 Å². The zero-order chi connectivity index (χ0) is 22.4. The van der Waals surface area contributed by atoms with Crippen LogP contribution in [-0.2, 0) is 11.5 Å². The number of carbonyl (C=O) groups is 2. The van der Waals surface area contributed by atoms with Crippen LogP contribution in [0.15, 0.2) is 74.9 Å². The van der Waals surface area contributed by atoms with Crippen LogP contribution in [-0.4, -0.2) is 29.3 Å². The van der Waals surface area contributed by atoms with Gasteiger partial charge in [-0.25, -0.2) is 9.59 Å². The van der Waals surface area contributed by atoms with Crippen molar-refractivity contribution in [3.8, 4) is 5.75 Å². The number of ether oxygens (including phenoxy) is 1. The van der Waals surface area contributed by atoms with Crippen LogP contribution in [0.5, 0.6) is 5.75 Å².